The molecule has 2 N–H and O–H groups in total. The monoisotopic (exact) mass is 229 g/mol. The molecule has 1 rings (SSSR count). The third-order valence-electron chi connectivity index (χ3n) is 2.18. The molecule has 0 radical (unpaired) electrons. The lowest BCUT2D eigenvalue weighted by Crippen LogP contribution is -2.13. The van der Waals surface area contributed by atoms with E-state index in [-0.39, 0.29) is 6.04 Å². The highest BCUT2D eigenvalue weighted by Gasteiger charge is 2.07. The fourth-order valence-corrected chi connectivity index (χ4v) is 2.05. The van der Waals surface area contributed by atoms with E-state index in [1.54, 1.807) is 18.4 Å². The van der Waals surface area contributed by atoms with E-state index in [0.29, 0.717) is 19.8 Å². The Hall–Kier alpha value is -0.420. The van der Waals surface area contributed by atoms with E-state index >= 15 is 0 Å². The van der Waals surface area contributed by atoms with Gasteiger partial charge in [-0.25, -0.2) is 0 Å². The van der Waals surface area contributed by atoms with Crippen LogP contribution in [0.25, 0.3) is 0 Å². The van der Waals surface area contributed by atoms with Crippen molar-refractivity contribution in [1.82, 2.24) is 0 Å². The molecule has 0 saturated carbocycles. The molecule has 86 valence electrons. The van der Waals surface area contributed by atoms with Crippen LogP contribution in [0.1, 0.15) is 22.9 Å². The van der Waals surface area contributed by atoms with Crippen molar-refractivity contribution in [2.75, 3.05) is 26.9 Å². The quantitative estimate of drug-likeness (QED) is 0.728. The van der Waals surface area contributed by atoms with Crippen molar-refractivity contribution >= 4 is 11.3 Å². The molecule has 3 nitrogen and oxygen atoms in total. The van der Waals surface area contributed by atoms with Crippen LogP contribution in [0.4, 0.5) is 0 Å². The lowest BCUT2D eigenvalue weighted by molar-refractivity contribution is 0.0672. The van der Waals surface area contributed by atoms with Gasteiger partial charge in [0.1, 0.15) is 0 Å². The second-order valence-corrected chi connectivity index (χ2v) is 4.61. The Labute approximate surface area is 95.2 Å². The van der Waals surface area contributed by atoms with Crippen LogP contribution in [0.3, 0.4) is 0 Å². The standard InChI is InChI=1S/C11H19NO2S/c1-9-7-10(8-15-9)11(12)3-4-14-6-5-13-2/h7-8,11H,3-6,12H2,1-2H3. The molecule has 0 bridgehead atoms. The lowest BCUT2D eigenvalue weighted by atomic mass is 10.1. The molecule has 0 spiro atoms. The molecule has 1 heterocycles. The van der Waals surface area contributed by atoms with Gasteiger partial charge >= 0.3 is 0 Å². The Morgan fingerprint density at radius 2 is 2.20 bits per heavy atom. The first kappa shape index (κ1) is 12.6. The summed E-state index contributed by atoms with van der Waals surface area (Å²) in [4.78, 5) is 1.31. The Morgan fingerprint density at radius 3 is 2.80 bits per heavy atom. The fraction of sp³-hybridized carbons (Fsp3) is 0.636. The van der Waals surface area contributed by atoms with E-state index in [9.17, 15) is 0 Å². The molecule has 1 unspecified atom stereocenters. The minimum Gasteiger partial charge on any atom is -0.382 e. The van der Waals surface area contributed by atoms with E-state index in [4.69, 9.17) is 15.2 Å². The van der Waals surface area contributed by atoms with Crippen LogP contribution in [0.15, 0.2) is 11.4 Å². The zero-order chi connectivity index (χ0) is 11.1. The van der Waals surface area contributed by atoms with Crippen molar-refractivity contribution in [2.45, 2.75) is 19.4 Å². The maximum atomic E-state index is 6.02. The number of rotatable bonds is 7. The number of nitrogens with two attached hydrogens (primary N) is 1. The van der Waals surface area contributed by atoms with Crippen molar-refractivity contribution in [3.8, 4) is 0 Å². The van der Waals surface area contributed by atoms with Crippen LogP contribution in [-0.2, 0) is 9.47 Å². The molecule has 0 saturated heterocycles. The molecule has 4 heteroatoms. The summed E-state index contributed by atoms with van der Waals surface area (Å²) in [5.41, 5.74) is 7.23. The largest absolute Gasteiger partial charge is 0.382 e. The Morgan fingerprint density at radius 1 is 1.40 bits per heavy atom. The van der Waals surface area contributed by atoms with Crippen LogP contribution in [-0.4, -0.2) is 26.9 Å². The van der Waals surface area contributed by atoms with Gasteiger partial charge in [-0.1, -0.05) is 0 Å². The maximum Gasteiger partial charge on any atom is 0.0700 e. The first-order valence-corrected chi connectivity index (χ1v) is 5.99. The molecule has 1 aromatic heterocycles. The number of ether oxygens (including phenoxy) is 2. The summed E-state index contributed by atoms with van der Waals surface area (Å²) in [6.07, 6.45) is 0.861. The Balaban J connectivity index is 2.16. The van der Waals surface area contributed by atoms with E-state index in [1.165, 1.54) is 10.4 Å². The minimum absolute atomic E-state index is 0.0949. The second kappa shape index (κ2) is 6.95. The van der Waals surface area contributed by atoms with Gasteiger partial charge in [0.25, 0.3) is 0 Å². The van der Waals surface area contributed by atoms with Gasteiger partial charge in [0.2, 0.25) is 0 Å². The molecular formula is C11H19NO2S. The molecule has 1 aromatic rings. The summed E-state index contributed by atoms with van der Waals surface area (Å²) in [6, 6.07) is 2.24. The second-order valence-electron chi connectivity index (χ2n) is 3.49. The number of hydrogen-bond acceptors (Lipinski definition) is 4. The van der Waals surface area contributed by atoms with Gasteiger partial charge in [-0.05, 0) is 30.4 Å². The first-order chi connectivity index (χ1) is 7.24. The van der Waals surface area contributed by atoms with Crippen LogP contribution < -0.4 is 5.73 Å². The normalized spacial score (nSPS) is 13.0. The van der Waals surface area contributed by atoms with Crippen molar-refractivity contribution in [1.29, 1.82) is 0 Å². The van der Waals surface area contributed by atoms with Crippen LogP contribution >= 0.6 is 11.3 Å². The predicted octanol–water partition coefficient (Wildman–Crippen LogP) is 2.11. The fourth-order valence-electron chi connectivity index (χ4n) is 1.28. The van der Waals surface area contributed by atoms with Crippen LogP contribution in [0.2, 0.25) is 0 Å². The zero-order valence-corrected chi connectivity index (χ0v) is 10.2. The van der Waals surface area contributed by atoms with Crippen molar-refractivity contribution < 1.29 is 9.47 Å². The molecule has 0 fully saturated rings. The summed E-state index contributed by atoms with van der Waals surface area (Å²) in [6.45, 7) is 4.08. The Bertz CT molecular complexity index is 275. The summed E-state index contributed by atoms with van der Waals surface area (Å²) in [5.74, 6) is 0. The van der Waals surface area contributed by atoms with E-state index in [0.717, 1.165) is 6.42 Å². The van der Waals surface area contributed by atoms with Crippen LogP contribution in [0, 0.1) is 6.92 Å². The molecule has 15 heavy (non-hydrogen) atoms. The Kier molecular flexibility index (Phi) is 5.86. The average molecular weight is 229 g/mol. The number of aryl methyl sites for hydroxylation is 1. The molecule has 0 aliphatic rings. The van der Waals surface area contributed by atoms with Crippen molar-refractivity contribution in [3.05, 3.63) is 21.9 Å². The number of thiophene rings is 1. The summed E-state index contributed by atoms with van der Waals surface area (Å²) in [5, 5.41) is 2.12. The third kappa shape index (κ3) is 4.75. The number of hydrogen-bond donors (Lipinski definition) is 1. The molecule has 0 aliphatic carbocycles. The van der Waals surface area contributed by atoms with Crippen molar-refractivity contribution in [3.63, 3.8) is 0 Å². The van der Waals surface area contributed by atoms with Gasteiger partial charge in [0.05, 0.1) is 13.2 Å². The van der Waals surface area contributed by atoms with Gasteiger partial charge < -0.3 is 15.2 Å². The van der Waals surface area contributed by atoms with Gasteiger partial charge in [-0.15, -0.1) is 11.3 Å². The van der Waals surface area contributed by atoms with Crippen LogP contribution in [0.5, 0.6) is 0 Å². The van der Waals surface area contributed by atoms with E-state index in [2.05, 4.69) is 18.4 Å². The molecule has 0 aliphatic heterocycles. The number of methoxy groups -OCH3 is 1. The first-order valence-electron chi connectivity index (χ1n) is 5.11. The van der Waals surface area contributed by atoms with E-state index < -0.39 is 0 Å². The topological polar surface area (TPSA) is 44.5 Å². The summed E-state index contributed by atoms with van der Waals surface area (Å²) < 4.78 is 10.3. The highest BCUT2D eigenvalue weighted by atomic mass is 32.1. The SMILES string of the molecule is COCCOCCC(N)c1csc(C)c1. The molecule has 0 amide bonds. The van der Waals surface area contributed by atoms with Gasteiger partial charge in [0, 0.05) is 24.6 Å². The zero-order valence-electron chi connectivity index (χ0n) is 9.36. The molecular weight excluding hydrogens is 210 g/mol. The average Bonchev–Trinajstić information content (AvgIpc) is 2.64. The third-order valence-corrected chi connectivity index (χ3v) is 3.06. The molecule has 1 atom stereocenters. The van der Waals surface area contributed by atoms with Crippen molar-refractivity contribution in [2.24, 2.45) is 5.73 Å². The highest BCUT2D eigenvalue weighted by Crippen LogP contribution is 2.20. The highest BCUT2D eigenvalue weighted by molar-refractivity contribution is 7.10. The summed E-state index contributed by atoms with van der Waals surface area (Å²) in [7, 11) is 1.67. The predicted molar refractivity (Wildman–Crippen MR) is 63.3 cm³/mol. The van der Waals surface area contributed by atoms with Gasteiger partial charge in [-0.2, -0.15) is 0 Å². The summed E-state index contributed by atoms with van der Waals surface area (Å²) >= 11 is 1.74. The minimum atomic E-state index is 0.0949. The molecule has 0 aromatic carbocycles. The smallest absolute Gasteiger partial charge is 0.0700 e. The maximum absolute atomic E-state index is 6.02. The van der Waals surface area contributed by atoms with Gasteiger partial charge in [0.15, 0.2) is 0 Å². The van der Waals surface area contributed by atoms with Gasteiger partial charge in [-0.3, -0.25) is 0 Å². The van der Waals surface area contributed by atoms with E-state index in [1.807, 2.05) is 0 Å². The lowest BCUT2D eigenvalue weighted by Gasteiger charge is -2.09.